The minimum Gasteiger partial charge on any atom is -0.366 e. The van der Waals surface area contributed by atoms with Crippen LogP contribution in [0.25, 0.3) is 0 Å². The molecule has 6 heteroatoms. The number of nitrogens with two attached hydrogens (primary N) is 1. The summed E-state index contributed by atoms with van der Waals surface area (Å²) in [5.74, 6) is -1.51. The first-order valence-corrected chi connectivity index (χ1v) is 6.43. The highest BCUT2D eigenvalue weighted by Gasteiger charge is 2.12. The van der Waals surface area contributed by atoms with Crippen molar-refractivity contribution in [2.45, 2.75) is 6.92 Å². The Morgan fingerprint density at radius 1 is 1.14 bits per heavy atom. The lowest BCUT2D eigenvalue weighted by molar-refractivity contribution is 0.0996. The predicted molar refractivity (Wildman–Crippen MR) is 79.1 cm³/mol. The van der Waals surface area contributed by atoms with Crippen LogP contribution < -0.4 is 11.1 Å². The first-order valence-electron chi connectivity index (χ1n) is 6.05. The van der Waals surface area contributed by atoms with Gasteiger partial charge in [-0.1, -0.05) is 11.6 Å². The van der Waals surface area contributed by atoms with Crippen LogP contribution in [0.5, 0.6) is 0 Å². The molecule has 0 saturated heterocycles. The Balaban J connectivity index is 2.27. The fourth-order valence-electron chi connectivity index (χ4n) is 1.87. The molecule has 0 bridgehead atoms. The number of carbonyl (C=O) groups is 2. The van der Waals surface area contributed by atoms with Crippen molar-refractivity contribution in [2.24, 2.45) is 5.73 Å². The number of aryl methyl sites for hydroxylation is 1. The highest BCUT2D eigenvalue weighted by molar-refractivity contribution is 6.34. The smallest absolute Gasteiger partial charge is 0.255 e. The molecule has 0 aliphatic heterocycles. The molecule has 2 amide bonds. The molecule has 3 N–H and O–H groups in total. The average molecular weight is 307 g/mol. The van der Waals surface area contributed by atoms with Crippen molar-refractivity contribution < 1.29 is 14.0 Å². The molecule has 108 valence electrons. The van der Waals surface area contributed by atoms with Crippen molar-refractivity contribution >= 4 is 29.1 Å². The van der Waals surface area contributed by atoms with E-state index in [2.05, 4.69) is 5.32 Å². The maximum atomic E-state index is 13.0. The van der Waals surface area contributed by atoms with Crippen molar-refractivity contribution in [1.29, 1.82) is 0 Å². The van der Waals surface area contributed by atoms with Crippen molar-refractivity contribution in [1.82, 2.24) is 0 Å². The van der Waals surface area contributed by atoms with Gasteiger partial charge >= 0.3 is 0 Å². The summed E-state index contributed by atoms with van der Waals surface area (Å²) < 4.78 is 13.0. The minimum atomic E-state index is -0.686. The molecule has 0 aliphatic rings. The van der Waals surface area contributed by atoms with Crippen LogP contribution in [0.3, 0.4) is 0 Å². The zero-order valence-corrected chi connectivity index (χ0v) is 11.9. The number of hydrogen-bond donors (Lipinski definition) is 2. The molecular formula is C15H12ClFN2O2. The third-order valence-corrected chi connectivity index (χ3v) is 3.25. The normalized spacial score (nSPS) is 10.2. The summed E-state index contributed by atoms with van der Waals surface area (Å²) >= 11 is 5.83. The third-order valence-electron chi connectivity index (χ3n) is 2.92. The van der Waals surface area contributed by atoms with E-state index in [1.807, 2.05) is 0 Å². The maximum Gasteiger partial charge on any atom is 0.255 e. The van der Waals surface area contributed by atoms with Gasteiger partial charge in [-0.25, -0.2) is 4.39 Å². The second-order valence-corrected chi connectivity index (χ2v) is 4.88. The summed E-state index contributed by atoms with van der Waals surface area (Å²) in [6.45, 7) is 1.63. The molecule has 0 fully saturated rings. The Bertz CT molecular complexity index is 732. The summed E-state index contributed by atoms with van der Waals surface area (Å²) in [5.41, 5.74) is 6.53. The summed E-state index contributed by atoms with van der Waals surface area (Å²) in [6.07, 6.45) is 0. The lowest BCUT2D eigenvalue weighted by Gasteiger charge is -2.09. The SMILES string of the molecule is Cc1cc(F)ccc1C(=O)Nc1ccc(Cl)c(C(N)=O)c1. The van der Waals surface area contributed by atoms with Crippen LogP contribution in [-0.2, 0) is 0 Å². The van der Waals surface area contributed by atoms with E-state index in [0.29, 0.717) is 16.8 Å². The van der Waals surface area contributed by atoms with E-state index in [9.17, 15) is 14.0 Å². The van der Waals surface area contributed by atoms with E-state index in [-0.39, 0.29) is 10.6 Å². The maximum absolute atomic E-state index is 13.0. The summed E-state index contributed by atoms with van der Waals surface area (Å²) in [5, 5.41) is 2.82. The largest absolute Gasteiger partial charge is 0.366 e. The number of nitrogens with one attached hydrogen (secondary N) is 1. The number of rotatable bonds is 3. The van der Waals surface area contributed by atoms with Crippen molar-refractivity contribution in [2.75, 3.05) is 5.32 Å². The fourth-order valence-corrected chi connectivity index (χ4v) is 2.08. The number of anilines is 1. The van der Waals surface area contributed by atoms with Crippen LogP contribution in [0.4, 0.5) is 10.1 Å². The average Bonchev–Trinajstić information content (AvgIpc) is 2.40. The van der Waals surface area contributed by atoms with E-state index in [0.717, 1.165) is 0 Å². The van der Waals surface area contributed by atoms with E-state index >= 15 is 0 Å². The lowest BCUT2D eigenvalue weighted by Crippen LogP contribution is -2.15. The molecule has 0 atom stereocenters. The first-order chi connectivity index (χ1) is 9.88. The summed E-state index contributed by atoms with van der Waals surface area (Å²) in [4.78, 5) is 23.3. The van der Waals surface area contributed by atoms with Crippen LogP contribution in [0.15, 0.2) is 36.4 Å². The molecule has 21 heavy (non-hydrogen) atoms. The molecule has 0 aromatic heterocycles. The van der Waals surface area contributed by atoms with Gasteiger partial charge in [0, 0.05) is 11.3 Å². The summed E-state index contributed by atoms with van der Waals surface area (Å²) in [6, 6.07) is 8.27. The number of halogens is 2. The van der Waals surface area contributed by atoms with Crippen molar-refractivity contribution in [3.8, 4) is 0 Å². The quantitative estimate of drug-likeness (QED) is 0.914. The van der Waals surface area contributed by atoms with Gasteiger partial charge in [-0.15, -0.1) is 0 Å². The molecule has 0 radical (unpaired) electrons. The molecule has 0 saturated carbocycles. The van der Waals surface area contributed by atoms with Gasteiger partial charge in [-0.3, -0.25) is 9.59 Å². The van der Waals surface area contributed by atoms with Gasteiger partial charge < -0.3 is 11.1 Å². The van der Waals surface area contributed by atoms with E-state index in [1.54, 1.807) is 13.0 Å². The van der Waals surface area contributed by atoms with Crippen LogP contribution in [0, 0.1) is 12.7 Å². The molecule has 0 spiro atoms. The van der Waals surface area contributed by atoms with Crippen LogP contribution in [0.2, 0.25) is 5.02 Å². The van der Waals surface area contributed by atoms with E-state index in [4.69, 9.17) is 17.3 Å². The Hall–Kier alpha value is -2.40. The van der Waals surface area contributed by atoms with E-state index < -0.39 is 17.6 Å². The Morgan fingerprint density at radius 3 is 2.48 bits per heavy atom. The highest BCUT2D eigenvalue weighted by Crippen LogP contribution is 2.21. The second-order valence-electron chi connectivity index (χ2n) is 4.47. The zero-order chi connectivity index (χ0) is 15.6. The Kier molecular flexibility index (Phi) is 4.23. The zero-order valence-electron chi connectivity index (χ0n) is 11.1. The number of hydrogen-bond acceptors (Lipinski definition) is 2. The van der Waals surface area contributed by atoms with Gasteiger partial charge in [-0.05, 0) is 48.9 Å². The summed E-state index contributed by atoms with van der Waals surface area (Å²) in [7, 11) is 0. The number of primary amides is 1. The van der Waals surface area contributed by atoms with Crippen molar-refractivity contribution in [3.63, 3.8) is 0 Å². The van der Waals surface area contributed by atoms with Gasteiger partial charge in [0.15, 0.2) is 0 Å². The van der Waals surface area contributed by atoms with Gasteiger partial charge in [-0.2, -0.15) is 0 Å². The van der Waals surface area contributed by atoms with Gasteiger partial charge in [0.1, 0.15) is 5.82 Å². The minimum absolute atomic E-state index is 0.116. The highest BCUT2D eigenvalue weighted by atomic mass is 35.5. The lowest BCUT2D eigenvalue weighted by atomic mass is 10.1. The monoisotopic (exact) mass is 306 g/mol. The van der Waals surface area contributed by atoms with Crippen LogP contribution in [-0.4, -0.2) is 11.8 Å². The molecule has 0 heterocycles. The molecule has 4 nitrogen and oxygen atoms in total. The Labute approximate surface area is 125 Å². The van der Waals surface area contributed by atoms with Gasteiger partial charge in [0.2, 0.25) is 5.91 Å². The molecular weight excluding hydrogens is 295 g/mol. The Morgan fingerprint density at radius 2 is 1.86 bits per heavy atom. The van der Waals surface area contributed by atoms with Gasteiger partial charge in [0.25, 0.3) is 5.91 Å². The molecule has 2 rings (SSSR count). The molecule has 0 unspecified atom stereocenters. The van der Waals surface area contributed by atoms with Crippen LogP contribution in [0.1, 0.15) is 26.3 Å². The van der Waals surface area contributed by atoms with Gasteiger partial charge in [0.05, 0.1) is 10.6 Å². The van der Waals surface area contributed by atoms with Crippen LogP contribution >= 0.6 is 11.6 Å². The fraction of sp³-hybridized carbons (Fsp3) is 0.0667. The second kappa shape index (κ2) is 5.93. The van der Waals surface area contributed by atoms with Crippen molar-refractivity contribution in [3.05, 3.63) is 63.9 Å². The molecule has 2 aromatic carbocycles. The standard InChI is InChI=1S/C15H12ClFN2O2/c1-8-6-9(17)2-4-11(8)15(21)19-10-3-5-13(16)12(7-10)14(18)20/h2-7H,1H3,(H2,18,20)(H,19,21). The number of amides is 2. The number of benzene rings is 2. The topological polar surface area (TPSA) is 72.2 Å². The number of carbonyl (C=O) groups excluding carboxylic acids is 2. The third kappa shape index (κ3) is 3.38. The first kappa shape index (κ1) is 15.0. The molecule has 0 aliphatic carbocycles. The van der Waals surface area contributed by atoms with E-state index in [1.165, 1.54) is 30.3 Å². The predicted octanol–water partition coefficient (Wildman–Crippen LogP) is 3.14. The molecule has 2 aromatic rings.